The van der Waals surface area contributed by atoms with E-state index in [1.165, 1.54) is 70.1 Å². The van der Waals surface area contributed by atoms with E-state index in [4.69, 9.17) is 23.7 Å². The Morgan fingerprint density at radius 2 is 1.53 bits per heavy atom. The van der Waals surface area contributed by atoms with Gasteiger partial charge in [0, 0.05) is 50.1 Å². The lowest BCUT2D eigenvalue weighted by atomic mass is 10.2. The molecule has 0 radical (unpaired) electrons. The number of morpholine rings is 1. The molecule has 1 aliphatic heterocycles. The van der Waals surface area contributed by atoms with Gasteiger partial charge in [0.05, 0.1) is 68.3 Å². The van der Waals surface area contributed by atoms with E-state index >= 15 is 0 Å². The summed E-state index contributed by atoms with van der Waals surface area (Å²) in [6.45, 7) is 4.05. The average Bonchev–Trinajstić information content (AvgIpc) is 3.73. The zero-order valence-corrected chi connectivity index (χ0v) is 30.8. The maximum atomic E-state index is 13.1. The van der Waals surface area contributed by atoms with Gasteiger partial charge in [0.1, 0.15) is 29.5 Å². The molecule has 0 saturated carbocycles. The van der Waals surface area contributed by atoms with E-state index in [0.29, 0.717) is 76.4 Å². The molecule has 2 aromatic carbocycles. The number of alkyl halides is 6. The highest BCUT2D eigenvalue weighted by molar-refractivity contribution is 5.83. The summed E-state index contributed by atoms with van der Waals surface area (Å²) in [5, 5.41) is 0. The zero-order valence-electron chi connectivity index (χ0n) is 30.8. The van der Waals surface area contributed by atoms with E-state index in [-0.39, 0.29) is 36.7 Å². The molecule has 0 spiro atoms. The summed E-state index contributed by atoms with van der Waals surface area (Å²) >= 11 is 0. The molecule has 2 atom stereocenters. The van der Waals surface area contributed by atoms with E-state index in [9.17, 15) is 26.3 Å². The first-order chi connectivity index (χ1) is 27.2. The number of benzene rings is 2. The number of aromatic amines is 1. The van der Waals surface area contributed by atoms with Crippen molar-refractivity contribution in [1.82, 2.24) is 34.4 Å². The van der Waals surface area contributed by atoms with Crippen LogP contribution in [0, 0.1) is 0 Å². The molecule has 57 heavy (non-hydrogen) atoms. The predicted molar refractivity (Wildman–Crippen MR) is 192 cm³/mol. The Kier molecular flexibility index (Phi) is 10.9. The van der Waals surface area contributed by atoms with Gasteiger partial charge in [-0.05, 0) is 31.2 Å². The minimum absolute atomic E-state index is 0.181. The summed E-state index contributed by atoms with van der Waals surface area (Å²) < 4.78 is 116. The summed E-state index contributed by atoms with van der Waals surface area (Å²) in [6.07, 6.45) is -7.27. The molecule has 20 heteroatoms. The highest BCUT2D eigenvalue weighted by atomic mass is 19.4. The van der Waals surface area contributed by atoms with Crippen molar-refractivity contribution in [3.63, 3.8) is 0 Å². The fourth-order valence-electron chi connectivity index (χ4n) is 6.68. The standard InChI is InChI=1S/C37H35F6N7O7/c1-20-17-49(11-12-54-23-15-30(52-3)31(45-16-23)34-46-25-7-5-21(13-26(25)47-34)56-36(38,39)40)18-24(55-20)19-50-28-8-6-22(57-37(41,42)43)14-27(28)48-35(50)32-33(53-4)29(51-2)9-10-44-32/h5-10,13-16,20,24H,11-12,17-19H2,1-4H3,(H,46,47). The molecule has 1 N–H and O–H groups in total. The number of hydrogen-bond acceptors (Lipinski definition) is 12. The number of ether oxygens (including phenoxy) is 7. The Morgan fingerprint density at radius 1 is 0.789 bits per heavy atom. The summed E-state index contributed by atoms with van der Waals surface area (Å²) in [5.41, 5.74) is 2.12. The quantitative estimate of drug-likeness (QED) is 0.120. The van der Waals surface area contributed by atoms with Crippen molar-refractivity contribution in [2.24, 2.45) is 0 Å². The Bertz CT molecular complexity index is 2370. The number of halogens is 6. The number of hydrogen-bond donors (Lipinski definition) is 1. The number of nitrogens with zero attached hydrogens (tertiary/aromatic N) is 6. The van der Waals surface area contributed by atoms with E-state index in [1.807, 2.05) is 11.5 Å². The third-order valence-corrected chi connectivity index (χ3v) is 8.88. The molecule has 1 saturated heterocycles. The van der Waals surface area contributed by atoms with Crippen LogP contribution in [0.1, 0.15) is 6.92 Å². The lowest BCUT2D eigenvalue weighted by Crippen LogP contribution is -2.49. The minimum atomic E-state index is -4.88. The number of rotatable bonds is 13. The van der Waals surface area contributed by atoms with Crippen LogP contribution in [0.2, 0.25) is 0 Å². The Balaban J connectivity index is 1.06. The SMILES string of the molecule is COc1cc(OCCN2CC(C)OC(Cn3c(-c4nccc(OC)c4OC)nc4cc(OC(F)(F)F)ccc43)C2)cnc1-c1nc2ccc(OC(F)(F)F)cc2[nH]1. The number of aromatic nitrogens is 6. The molecular weight excluding hydrogens is 768 g/mol. The molecule has 0 amide bonds. The molecular formula is C37H35F6N7O7. The van der Waals surface area contributed by atoms with Crippen LogP contribution in [0.3, 0.4) is 0 Å². The van der Waals surface area contributed by atoms with Crippen LogP contribution in [-0.2, 0) is 11.3 Å². The zero-order chi connectivity index (χ0) is 40.5. The Hall–Kier alpha value is -6.02. The van der Waals surface area contributed by atoms with Crippen molar-refractivity contribution in [2.75, 3.05) is 47.6 Å². The van der Waals surface area contributed by atoms with Gasteiger partial charge in [-0.2, -0.15) is 0 Å². The van der Waals surface area contributed by atoms with Gasteiger partial charge < -0.3 is 42.7 Å². The molecule has 4 aromatic heterocycles. The van der Waals surface area contributed by atoms with E-state index in [1.54, 1.807) is 12.1 Å². The average molecular weight is 804 g/mol. The number of fused-ring (bicyclic) bond motifs is 2. The van der Waals surface area contributed by atoms with Crippen LogP contribution in [-0.4, -0.2) is 107 Å². The summed E-state index contributed by atoms with van der Waals surface area (Å²) in [7, 11) is 4.38. The first kappa shape index (κ1) is 39.2. The maximum Gasteiger partial charge on any atom is 0.573 e. The Labute approximate surface area is 320 Å². The summed E-state index contributed by atoms with van der Waals surface area (Å²) in [6, 6.07) is 11.0. The van der Waals surface area contributed by atoms with Crippen LogP contribution in [0.4, 0.5) is 26.3 Å². The normalized spacial score (nSPS) is 16.5. The molecule has 0 aliphatic carbocycles. The fourth-order valence-corrected chi connectivity index (χ4v) is 6.68. The van der Waals surface area contributed by atoms with Crippen LogP contribution in [0.5, 0.6) is 34.5 Å². The highest BCUT2D eigenvalue weighted by Gasteiger charge is 2.33. The van der Waals surface area contributed by atoms with Gasteiger partial charge in [0.15, 0.2) is 34.6 Å². The molecule has 5 heterocycles. The number of H-pyrrole nitrogens is 1. The monoisotopic (exact) mass is 803 g/mol. The van der Waals surface area contributed by atoms with Crippen LogP contribution >= 0.6 is 0 Å². The van der Waals surface area contributed by atoms with Gasteiger partial charge in [-0.15, -0.1) is 26.3 Å². The van der Waals surface area contributed by atoms with Crippen molar-refractivity contribution in [3.05, 3.63) is 60.9 Å². The largest absolute Gasteiger partial charge is 0.573 e. The van der Waals surface area contributed by atoms with Gasteiger partial charge in [-0.1, -0.05) is 0 Å². The van der Waals surface area contributed by atoms with E-state index < -0.39 is 24.2 Å². The number of methoxy groups -OCH3 is 3. The molecule has 1 aliphatic rings. The van der Waals surface area contributed by atoms with Crippen molar-refractivity contribution in [1.29, 1.82) is 0 Å². The van der Waals surface area contributed by atoms with Crippen molar-refractivity contribution < 1.29 is 59.5 Å². The second-order valence-electron chi connectivity index (χ2n) is 12.9. The molecule has 302 valence electrons. The van der Waals surface area contributed by atoms with Gasteiger partial charge in [-0.3, -0.25) is 4.90 Å². The molecule has 2 unspecified atom stereocenters. The first-order valence-corrected chi connectivity index (χ1v) is 17.3. The van der Waals surface area contributed by atoms with Gasteiger partial charge in [0.25, 0.3) is 0 Å². The lowest BCUT2D eigenvalue weighted by molar-refractivity contribution is -0.275. The van der Waals surface area contributed by atoms with Gasteiger partial charge in [-0.25, -0.2) is 19.9 Å². The number of imidazole rings is 2. The van der Waals surface area contributed by atoms with Crippen molar-refractivity contribution >= 4 is 22.1 Å². The number of pyridine rings is 2. The molecule has 0 bridgehead atoms. The van der Waals surface area contributed by atoms with E-state index in [0.717, 1.165) is 0 Å². The number of nitrogens with one attached hydrogen (secondary N) is 1. The second kappa shape index (κ2) is 15.8. The minimum Gasteiger partial charge on any atom is -0.494 e. The van der Waals surface area contributed by atoms with Gasteiger partial charge >= 0.3 is 12.7 Å². The lowest BCUT2D eigenvalue weighted by Gasteiger charge is -2.37. The van der Waals surface area contributed by atoms with Crippen LogP contribution < -0.4 is 28.4 Å². The third-order valence-electron chi connectivity index (χ3n) is 8.88. The molecule has 7 rings (SSSR count). The Morgan fingerprint density at radius 3 is 2.25 bits per heavy atom. The highest BCUT2D eigenvalue weighted by Crippen LogP contribution is 2.38. The van der Waals surface area contributed by atoms with Crippen LogP contribution in [0.15, 0.2) is 60.9 Å². The predicted octanol–water partition coefficient (Wildman–Crippen LogP) is 7.03. The summed E-state index contributed by atoms with van der Waals surface area (Å²) in [4.78, 5) is 23.2. The van der Waals surface area contributed by atoms with Crippen molar-refractivity contribution in [3.8, 4) is 57.5 Å². The molecule has 6 aromatic rings. The maximum absolute atomic E-state index is 13.1. The topological polar surface area (TPSA) is 140 Å². The third kappa shape index (κ3) is 9.01. The first-order valence-electron chi connectivity index (χ1n) is 17.3. The fraction of sp³-hybridized carbons (Fsp3) is 0.351. The van der Waals surface area contributed by atoms with Crippen molar-refractivity contribution in [2.45, 2.75) is 38.4 Å². The van der Waals surface area contributed by atoms with Crippen LogP contribution in [0.25, 0.3) is 45.1 Å². The summed E-state index contributed by atoms with van der Waals surface area (Å²) in [5.74, 6) is 1.21. The smallest absolute Gasteiger partial charge is 0.494 e. The van der Waals surface area contributed by atoms with E-state index in [2.05, 4.69) is 39.3 Å². The van der Waals surface area contributed by atoms with Gasteiger partial charge in [0.2, 0.25) is 0 Å². The second-order valence-corrected chi connectivity index (χ2v) is 12.9. The molecule has 14 nitrogen and oxygen atoms in total. The molecule has 1 fully saturated rings.